The maximum absolute atomic E-state index is 12.7. The monoisotopic (exact) mass is 251 g/mol. The summed E-state index contributed by atoms with van der Waals surface area (Å²) >= 11 is 0. The van der Waals surface area contributed by atoms with Gasteiger partial charge in [0, 0.05) is 18.5 Å². The molecule has 0 atom stereocenters. The van der Waals surface area contributed by atoms with E-state index in [1.807, 2.05) is 0 Å². The van der Waals surface area contributed by atoms with Crippen LogP contribution in [0.15, 0.2) is 0 Å². The van der Waals surface area contributed by atoms with Crippen molar-refractivity contribution >= 4 is 5.91 Å². The molecule has 0 radical (unpaired) electrons. The van der Waals surface area contributed by atoms with Crippen LogP contribution in [0.4, 0.5) is 0 Å². The minimum atomic E-state index is 0.354. The van der Waals surface area contributed by atoms with Crippen molar-refractivity contribution in [2.75, 3.05) is 6.54 Å². The molecular weight excluding hydrogens is 222 g/mol. The largest absolute Gasteiger partial charge is 0.339 e. The van der Waals surface area contributed by atoms with Crippen LogP contribution in [0.5, 0.6) is 0 Å². The SMILES string of the molecule is CCCN(C(=O)C1CCCCC1)C1CCCCC1. The summed E-state index contributed by atoms with van der Waals surface area (Å²) in [6.07, 6.45) is 13.8. The zero-order valence-corrected chi connectivity index (χ0v) is 12.0. The molecule has 2 rings (SSSR count). The van der Waals surface area contributed by atoms with Gasteiger partial charge in [-0.25, -0.2) is 0 Å². The number of amides is 1. The number of rotatable bonds is 4. The van der Waals surface area contributed by atoms with Gasteiger partial charge in [-0.2, -0.15) is 0 Å². The maximum atomic E-state index is 12.7. The minimum Gasteiger partial charge on any atom is -0.339 e. The van der Waals surface area contributed by atoms with E-state index in [0.717, 1.165) is 25.8 Å². The van der Waals surface area contributed by atoms with E-state index in [0.29, 0.717) is 17.9 Å². The van der Waals surface area contributed by atoms with Gasteiger partial charge in [0.05, 0.1) is 0 Å². The summed E-state index contributed by atoms with van der Waals surface area (Å²) in [4.78, 5) is 15.0. The van der Waals surface area contributed by atoms with Gasteiger partial charge in [-0.05, 0) is 32.1 Å². The highest BCUT2D eigenvalue weighted by Crippen LogP contribution is 2.29. The van der Waals surface area contributed by atoms with E-state index in [1.54, 1.807) is 0 Å². The summed E-state index contributed by atoms with van der Waals surface area (Å²) in [6, 6.07) is 0.563. The highest BCUT2D eigenvalue weighted by molar-refractivity contribution is 5.79. The van der Waals surface area contributed by atoms with Crippen LogP contribution in [0.25, 0.3) is 0 Å². The van der Waals surface area contributed by atoms with Crippen molar-refractivity contribution in [2.24, 2.45) is 5.92 Å². The zero-order valence-electron chi connectivity index (χ0n) is 12.0. The van der Waals surface area contributed by atoms with Gasteiger partial charge in [-0.15, -0.1) is 0 Å². The van der Waals surface area contributed by atoms with Crippen LogP contribution in [0.2, 0.25) is 0 Å². The lowest BCUT2D eigenvalue weighted by molar-refractivity contribution is -0.139. The molecule has 2 saturated carbocycles. The average molecular weight is 251 g/mol. The van der Waals surface area contributed by atoms with Crippen LogP contribution in [-0.4, -0.2) is 23.4 Å². The Morgan fingerprint density at radius 1 is 0.944 bits per heavy atom. The Bertz CT molecular complexity index is 252. The molecule has 0 N–H and O–H groups in total. The Labute approximate surface area is 112 Å². The summed E-state index contributed by atoms with van der Waals surface area (Å²) in [5, 5.41) is 0. The maximum Gasteiger partial charge on any atom is 0.225 e. The molecule has 0 unspecified atom stereocenters. The van der Waals surface area contributed by atoms with Crippen LogP contribution in [0.1, 0.15) is 77.6 Å². The molecule has 2 heteroatoms. The molecule has 0 aromatic heterocycles. The second-order valence-electron chi connectivity index (χ2n) is 6.16. The van der Waals surface area contributed by atoms with E-state index < -0.39 is 0 Å². The fraction of sp³-hybridized carbons (Fsp3) is 0.938. The topological polar surface area (TPSA) is 20.3 Å². The van der Waals surface area contributed by atoms with Gasteiger partial charge in [-0.1, -0.05) is 45.4 Å². The highest BCUT2D eigenvalue weighted by Gasteiger charge is 2.30. The van der Waals surface area contributed by atoms with Gasteiger partial charge >= 0.3 is 0 Å². The highest BCUT2D eigenvalue weighted by atomic mass is 16.2. The molecule has 0 aliphatic heterocycles. The lowest BCUT2D eigenvalue weighted by atomic mass is 9.86. The third kappa shape index (κ3) is 3.49. The number of hydrogen-bond donors (Lipinski definition) is 0. The Balaban J connectivity index is 1.96. The van der Waals surface area contributed by atoms with Gasteiger partial charge < -0.3 is 4.90 Å². The van der Waals surface area contributed by atoms with Crippen molar-refractivity contribution in [3.05, 3.63) is 0 Å². The van der Waals surface area contributed by atoms with Gasteiger partial charge in [0.2, 0.25) is 5.91 Å². The van der Waals surface area contributed by atoms with Crippen molar-refractivity contribution in [3.8, 4) is 0 Å². The Kier molecular flexibility index (Phi) is 5.52. The summed E-state index contributed by atoms with van der Waals surface area (Å²) in [5.41, 5.74) is 0. The molecule has 1 amide bonds. The first kappa shape index (κ1) is 13.9. The Morgan fingerprint density at radius 2 is 1.50 bits per heavy atom. The molecular formula is C16H29NO. The van der Waals surface area contributed by atoms with E-state index in [1.165, 1.54) is 51.4 Å². The summed E-state index contributed by atoms with van der Waals surface area (Å²) in [6.45, 7) is 3.18. The first-order chi connectivity index (χ1) is 8.83. The van der Waals surface area contributed by atoms with Crippen LogP contribution in [0, 0.1) is 5.92 Å². The molecule has 2 aliphatic carbocycles. The van der Waals surface area contributed by atoms with Crippen molar-refractivity contribution in [1.82, 2.24) is 4.90 Å². The van der Waals surface area contributed by atoms with Crippen molar-refractivity contribution in [1.29, 1.82) is 0 Å². The molecule has 104 valence electrons. The molecule has 0 aromatic carbocycles. The molecule has 2 aliphatic rings. The van der Waals surface area contributed by atoms with Crippen LogP contribution in [0.3, 0.4) is 0 Å². The van der Waals surface area contributed by atoms with Gasteiger partial charge in [-0.3, -0.25) is 4.79 Å². The molecule has 0 spiro atoms. The van der Waals surface area contributed by atoms with Gasteiger partial charge in [0.1, 0.15) is 0 Å². The number of carbonyl (C=O) groups excluding carboxylic acids is 1. The quantitative estimate of drug-likeness (QED) is 0.735. The smallest absolute Gasteiger partial charge is 0.225 e. The number of hydrogen-bond acceptors (Lipinski definition) is 1. The lowest BCUT2D eigenvalue weighted by Gasteiger charge is -2.37. The second-order valence-corrected chi connectivity index (χ2v) is 6.16. The standard InChI is InChI=1S/C16H29NO/c1-2-13-17(15-11-7-4-8-12-15)16(18)14-9-5-3-6-10-14/h14-15H,2-13H2,1H3. The van der Waals surface area contributed by atoms with Gasteiger partial charge in [0.25, 0.3) is 0 Å². The third-order valence-electron chi connectivity index (χ3n) is 4.72. The van der Waals surface area contributed by atoms with Crippen molar-refractivity contribution < 1.29 is 4.79 Å². The van der Waals surface area contributed by atoms with Crippen molar-refractivity contribution in [2.45, 2.75) is 83.6 Å². The predicted octanol–water partition coefficient (Wildman–Crippen LogP) is 4.14. The lowest BCUT2D eigenvalue weighted by Crippen LogP contribution is -2.45. The minimum absolute atomic E-state index is 0.354. The fourth-order valence-corrected chi connectivity index (χ4v) is 3.69. The molecule has 0 bridgehead atoms. The van der Waals surface area contributed by atoms with E-state index in [4.69, 9.17) is 0 Å². The van der Waals surface area contributed by atoms with E-state index in [9.17, 15) is 4.79 Å². The second kappa shape index (κ2) is 7.16. The molecule has 0 heterocycles. The first-order valence-corrected chi connectivity index (χ1v) is 8.13. The summed E-state index contributed by atoms with van der Waals surface area (Å²) < 4.78 is 0. The van der Waals surface area contributed by atoms with Crippen LogP contribution < -0.4 is 0 Å². The summed E-state index contributed by atoms with van der Waals surface area (Å²) in [7, 11) is 0. The molecule has 2 nitrogen and oxygen atoms in total. The third-order valence-corrected chi connectivity index (χ3v) is 4.72. The van der Waals surface area contributed by atoms with Crippen LogP contribution in [-0.2, 0) is 4.79 Å². The van der Waals surface area contributed by atoms with Crippen molar-refractivity contribution in [3.63, 3.8) is 0 Å². The van der Waals surface area contributed by atoms with Gasteiger partial charge in [0.15, 0.2) is 0 Å². The number of nitrogens with zero attached hydrogens (tertiary/aromatic N) is 1. The van der Waals surface area contributed by atoms with E-state index >= 15 is 0 Å². The fourth-order valence-electron chi connectivity index (χ4n) is 3.69. The van der Waals surface area contributed by atoms with Crippen LogP contribution >= 0.6 is 0 Å². The number of carbonyl (C=O) groups is 1. The van der Waals surface area contributed by atoms with E-state index in [-0.39, 0.29) is 0 Å². The molecule has 0 saturated heterocycles. The molecule has 18 heavy (non-hydrogen) atoms. The molecule has 0 aromatic rings. The average Bonchev–Trinajstić information content (AvgIpc) is 2.46. The van der Waals surface area contributed by atoms with E-state index in [2.05, 4.69) is 11.8 Å². The molecule has 2 fully saturated rings. The normalized spacial score (nSPS) is 22.9. The first-order valence-electron chi connectivity index (χ1n) is 8.13. The Morgan fingerprint density at radius 3 is 2.06 bits per heavy atom. The Hall–Kier alpha value is -0.530. The predicted molar refractivity (Wildman–Crippen MR) is 75.5 cm³/mol. The zero-order chi connectivity index (χ0) is 12.8. The summed E-state index contributed by atoms with van der Waals surface area (Å²) in [5.74, 6) is 0.843.